The number of aromatic carboxylic acids is 1. The SMILES string of the molecule is CC1(c2cccc(NS(C)(=O)=O)c2)C2CN(C(=O)c3cc4ccccc4o3)CC21.CC1(c2cccc(NS(C)(=O)=O)c2)C2CNCC21.O=C(O)c1cc2ccccc2o1. The molecule has 0 bridgehead atoms. The lowest BCUT2D eigenvalue weighted by atomic mass is 9.92. The highest BCUT2D eigenvalue weighted by molar-refractivity contribution is 7.92. The van der Waals surface area contributed by atoms with Crippen LogP contribution in [0, 0.1) is 23.7 Å². The summed E-state index contributed by atoms with van der Waals surface area (Å²) in [6.45, 7) is 7.99. The van der Waals surface area contributed by atoms with Gasteiger partial charge < -0.3 is 24.2 Å². The standard InChI is InChI=1S/C22H22N2O4S.C13H18N2O2S.C9H6O3/c1-22(15-7-5-8-16(11-15)23-29(2,26)27)17-12-24(13-18(17)22)21(25)20-10-14-6-3-4-9-19(14)28-20;1-13(11-7-14-8-12(11)13)9-4-3-5-10(6-9)15-18(2,16)17;10-9(11)8-5-6-3-1-2-4-7(6)12-8/h3-11,17-18,23H,12-13H2,1-2H3;3-6,11-12,14-15H,7-8H2,1-2H3;1-5H,(H,10,11). The Balaban J connectivity index is 0.000000137. The van der Waals surface area contributed by atoms with Crippen LogP contribution in [0.15, 0.2) is 118 Å². The van der Waals surface area contributed by atoms with Crippen molar-refractivity contribution in [2.45, 2.75) is 24.7 Å². The van der Waals surface area contributed by atoms with Crippen LogP contribution in [0.1, 0.15) is 46.1 Å². The second kappa shape index (κ2) is 14.9. The average molecular weight is 839 g/mol. The number of piperidine rings is 2. The van der Waals surface area contributed by atoms with Crippen LogP contribution in [0.5, 0.6) is 0 Å². The molecule has 4 aliphatic rings. The Morgan fingerprint density at radius 1 is 0.644 bits per heavy atom. The predicted octanol–water partition coefficient (Wildman–Crippen LogP) is 6.76. The van der Waals surface area contributed by atoms with E-state index >= 15 is 0 Å². The second-order valence-corrected chi connectivity index (χ2v) is 19.9. The maximum Gasteiger partial charge on any atom is 0.371 e. The van der Waals surface area contributed by atoms with Gasteiger partial charge in [0.05, 0.1) is 12.5 Å². The quantitative estimate of drug-likeness (QED) is 0.128. The molecule has 13 nitrogen and oxygen atoms in total. The Labute approximate surface area is 342 Å². The fourth-order valence-electron chi connectivity index (χ4n) is 9.30. The number of rotatable bonds is 8. The van der Waals surface area contributed by atoms with Crippen LogP contribution in [0.3, 0.4) is 0 Å². The third-order valence-corrected chi connectivity index (χ3v) is 13.7. The Morgan fingerprint density at radius 3 is 1.54 bits per heavy atom. The second-order valence-electron chi connectivity index (χ2n) is 16.4. The fraction of sp³-hybridized carbons (Fsp3) is 0.318. The summed E-state index contributed by atoms with van der Waals surface area (Å²) in [4.78, 5) is 25.2. The largest absolute Gasteiger partial charge is 0.475 e. The van der Waals surface area contributed by atoms with Crippen molar-refractivity contribution in [3.8, 4) is 0 Å². The lowest BCUT2D eigenvalue weighted by Gasteiger charge is -2.24. The zero-order chi connectivity index (χ0) is 41.9. The zero-order valence-corrected chi connectivity index (χ0v) is 34.6. The van der Waals surface area contributed by atoms with Crippen LogP contribution in [0.25, 0.3) is 21.9 Å². The number of carbonyl (C=O) groups is 2. The van der Waals surface area contributed by atoms with Crippen LogP contribution in [0.2, 0.25) is 0 Å². The molecule has 2 saturated heterocycles. The molecule has 4 heterocycles. The van der Waals surface area contributed by atoms with Crippen molar-refractivity contribution in [2.75, 3.05) is 48.1 Å². The van der Waals surface area contributed by atoms with Crippen LogP contribution >= 0.6 is 0 Å². The average Bonchev–Trinajstić information content (AvgIpc) is 3.71. The lowest BCUT2D eigenvalue weighted by Crippen LogP contribution is -2.34. The molecule has 10 rings (SSSR count). The number of nitrogens with zero attached hydrogens (tertiary/aromatic N) is 1. The van der Waals surface area contributed by atoms with Gasteiger partial charge in [-0.25, -0.2) is 21.6 Å². The maximum atomic E-state index is 12.9. The number of carbonyl (C=O) groups excluding carboxylic acids is 1. The molecule has 0 spiro atoms. The highest BCUT2D eigenvalue weighted by Crippen LogP contribution is 2.64. The van der Waals surface area contributed by atoms with E-state index < -0.39 is 26.0 Å². The van der Waals surface area contributed by atoms with Gasteiger partial charge in [0.25, 0.3) is 5.91 Å². The van der Waals surface area contributed by atoms with Crippen LogP contribution < -0.4 is 14.8 Å². The van der Waals surface area contributed by atoms with E-state index in [-0.39, 0.29) is 22.5 Å². The number of hydrogen-bond donors (Lipinski definition) is 4. The van der Waals surface area contributed by atoms with E-state index in [1.807, 2.05) is 71.6 Å². The lowest BCUT2D eigenvalue weighted by molar-refractivity contribution is 0.0664. The molecule has 4 unspecified atom stereocenters. The van der Waals surface area contributed by atoms with Gasteiger partial charge in [0, 0.05) is 46.1 Å². The highest BCUT2D eigenvalue weighted by Gasteiger charge is 2.66. The number of amides is 1. The van der Waals surface area contributed by atoms with Crippen molar-refractivity contribution in [3.63, 3.8) is 0 Å². The van der Waals surface area contributed by atoms with E-state index in [9.17, 15) is 26.4 Å². The van der Waals surface area contributed by atoms with Gasteiger partial charge in [-0.1, -0.05) is 74.5 Å². The van der Waals surface area contributed by atoms with Gasteiger partial charge in [-0.3, -0.25) is 14.2 Å². The van der Waals surface area contributed by atoms with Crippen molar-refractivity contribution in [1.29, 1.82) is 0 Å². The van der Waals surface area contributed by atoms with E-state index in [1.54, 1.807) is 30.3 Å². The summed E-state index contributed by atoms with van der Waals surface area (Å²) in [5.41, 5.74) is 5.10. The van der Waals surface area contributed by atoms with E-state index in [2.05, 4.69) is 34.7 Å². The van der Waals surface area contributed by atoms with E-state index in [4.69, 9.17) is 13.9 Å². The summed E-state index contributed by atoms with van der Waals surface area (Å²) in [6.07, 6.45) is 2.33. The normalized spacial score (nSPS) is 25.2. The van der Waals surface area contributed by atoms with E-state index in [0.29, 0.717) is 59.5 Å². The third kappa shape index (κ3) is 8.06. The monoisotopic (exact) mass is 838 g/mol. The van der Waals surface area contributed by atoms with Crippen LogP contribution in [-0.4, -0.2) is 77.4 Å². The van der Waals surface area contributed by atoms with Gasteiger partial charge in [0.1, 0.15) is 11.2 Å². The number of carboxylic acids is 1. The van der Waals surface area contributed by atoms with Crippen molar-refractivity contribution in [2.24, 2.45) is 23.7 Å². The van der Waals surface area contributed by atoms with Crippen LogP contribution in [0.4, 0.5) is 11.4 Å². The number of carboxylic acid groups (broad SMARTS) is 1. The summed E-state index contributed by atoms with van der Waals surface area (Å²) in [7, 11) is -6.51. The van der Waals surface area contributed by atoms with Crippen molar-refractivity contribution >= 4 is 65.2 Å². The van der Waals surface area contributed by atoms with E-state index in [0.717, 1.165) is 41.3 Å². The molecule has 6 aromatic rings. The summed E-state index contributed by atoms with van der Waals surface area (Å²) in [6, 6.07) is 33.5. The molecule has 2 aromatic heterocycles. The first-order chi connectivity index (χ1) is 27.9. The Hall–Kier alpha value is -5.64. The minimum Gasteiger partial charge on any atom is -0.475 e. The summed E-state index contributed by atoms with van der Waals surface area (Å²) in [5.74, 6) is 1.39. The number of furan rings is 2. The number of sulfonamides is 2. The number of anilines is 2. The Bertz CT molecular complexity index is 2730. The Kier molecular flexibility index (Phi) is 10.1. The molecule has 4 atom stereocenters. The molecule has 2 aliphatic heterocycles. The fourth-order valence-corrected chi connectivity index (χ4v) is 10.4. The summed E-state index contributed by atoms with van der Waals surface area (Å²) >= 11 is 0. The summed E-state index contributed by atoms with van der Waals surface area (Å²) in [5, 5.41) is 13.7. The highest BCUT2D eigenvalue weighted by atomic mass is 32.2. The van der Waals surface area contributed by atoms with Crippen molar-refractivity contribution in [1.82, 2.24) is 10.2 Å². The third-order valence-electron chi connectivity index (χ3n) is 12.5. The van der Waals surface area contributed by atoms with Gasteiger partial charge in [-0.15, -0.1) is 0 Å². The van der Waals surface area contributed by atoms with Crippen molar-refractivity contribution in [3.05, 3.63) is 132 Å². The minimum absolute atomic E-state index is 0.0174. The smallest absolute Gasteiger partial charge is 0.371 e. The molecule has 4 N–H and O–H groups in total. The van der Waals surface area contributed by atoms with Crippen molar-refractivity contribution < 1.29 is 40.4 Å². The molecule has 59 heavy (non-hydrogen) atoms. The van der Waals surface area contributed by atoms with Gasteiger partial charge >= 0.3 is 5.97 Å². The van der Waals surface area contributed by atoms with Gasteiger partial charge in [-0.05, 0) is 96.4 Å². The maximum absolute atomic E-state index is 12.9. The van der Waals surface area contributed by atoms with E-state index in [1.165, 1.54) is 17.9 Å². The predicted molar refractivity (Wildman–Crippen MR) is 227 cm³/mol. The number of benzene rings is 4. The molecule has 0 radical (unpaired) electrons. The molecular weight excluding hydrogens is 793 g/mol. The zero-order valence-electron chi connectivity index (χ0n) is 33.0. The van der Waals surface area contributed by atoms with Gasteiger partial charge in [-0.2, -0.15) is 0 Å². The van der Waals surface area contributed by atoms with Crippen LogP contribution in [-0.2, 0) is 30.9 Å². The summed E-state index contributed by atoms with van der Waals surface area (Å²) < 4.78 is 61.4. The first-order valence-corrected chi connectivity index (χ1v) is 23.1. The number of hydrogen-bond acceptors (Lipinski definition) is 9. The number of fused-ring (bicyclic) bond motifs is 4. The molecule has 308 valence electrons. The molecule has 4 fully saturated rings. The molecule has 1 amide bonds. The topological polar surface area (TPSA) is 188 Å². The number of nitrogens with one attached hydrogen (secondary N) is 3. The van der Waals surface area contributed by atoms with Gasteiger partial charge in [0.15, 0.2) is 5.76 Å². The first-order valence-electron chi connectivity index (χ1n) is 19.3. The molecular formula is C44H46N4O9S2. The first kappa shape index (κ1) is 40.2. The molecule has 4 aromatic carbocycles. The number of likely N-dealkylation sites (tertiary alicyclic amines) is 1. The Morgan fingerprint density at radius 2 is 1.08 bits per heavy atom. The van der Waals surface area contributed by atoms with Gasteiger partial charge in [0.2, 0.25) is 25.8 Å². The minimum atomic E-state index is -3.31. The molecule has 2 aliphatic carbocycles. The number of para-hydroxylation sites is 2. The molecule has 2 saturated carbocycles. The molecule has 15 heteroatoms.